The van der Waals surface area contributed by atoms with E-state index in [4.69, 9.17) is 0 Å². The predicted octanol–water partition coefficient (Wildman–Crippen LogP) is 1.90. The van der Waals surface area contributed by atoms with Crippen molar-refractivity contribution in [2.24, 2.45) is 0 Å². The molecular weight excluding hydrogens is 319 g/mol. The van der Waals surface area contributed by atoms with Crippen molar-refractivity contribution in [3.05, 3.63) is 29.8 Å². The summed E-state index contributed by atoms with van der Waals surface area (Å²) in [6.07, 6.45) is 1.24. The van der Waals surface area contributed by atoms with E-state index < -0.39 is 9.84 Å². The number of benzene rings is 1. The third kappa shape index (κ3) is 4.90. The number of nitrogens with one attached hydrogen (secondary N) is 1. The minimum absolute atomic E-state index is 0. The molecule has 0 aliphatic carbocycles. The van der Waals surface area contributed by atoms with Gasteiger partial charge >= 0.3 is 0 Å². The number of hydrogen-bond donors (Lipinski definition) is 1. The Hall–Kier alpha value is -0.330. The molecule has 0 saturated carbocycles. The molecule has 4 nitrogen and oxygen atoms in total. The van der Waals surface area contributed by atoms with Crippen LogP contribution in [0.5, 0.6) is 0 Å². The third-order valence-electron chi connectivity index (χ3n) is 3.49. The first-order valence-corrected chi connectivity index (χ1v) is 8.12. The van der Waals surface area contributed by atoms with Gasteiger partial charge < -0.3 is 5.32 Å². The lowest BCUT2D eigenvalue weighted by Gasteiger charge is -2.33. The van der Waals surface area contributed by atoms with Crippen molar-refractivity contribution in [2.75, 3.05) is 32.4 Å². The quantitative estimate of drug-likeness (QED) is 0.912. The Labute approximate surface area is 133 Å². The van der Waals surface area contributed by atoms with Gasteiger partial charge in [-0.05, 0) is 24.6 Å². The summed E-state index contributed by atoms with van der Waals surface area (Å²) in [5.74, 6) is 0. The van der Waals surface area contributed by atoms with Gasteiger partial charge in [-0.1, -0.05) is 12.1 Å². The van der Waals surface area contributed by atoms with E-state index in [2.05, 4.69) is 17.1 Å². The molecule has 1 fully saturated rings. The molecule has 0 bridgehead atoms. The molecule has 1 aromatic carbocycles. The van der Waals surface area contributed by atoms with Crippen LogP contribution in [0.25, 0.3) is 0 Å². The predicted molar refractivity (Wildman–Crippen MR) is 86.9 cm³/mol. The van der Waals surface area contributed by atoms with Gasteiger partial charge in [-0.15, -0.1) is 24.8 Å². The fraction of sp³-hybridized carbons (Fsp3) is 0.538. The van der Waals surface area contributed by atoms with Gasteiger partial charge in [-0.25, -0.2) is 8.42 Å². The maximum absolute atomic E-state index is 11.4. The largest absolute Gasteiger partial charge is 0.314 e. The first-order valence-electron chi connectivity index (χ1n) is 6.23. The van der Waals surface area contributed by atoms with Crippen LogP contribution in [-0.4, -0.2) is 45.8 Å². The molecule has 0 unspecified atom stereocenters. The number of rotatable bonds is 3. The van der Waals surface area contributed by atoms with Crippen molar-refractivity contribution in [1.82, 2.24) is 10.2 Å². The Kier molecular flexibility index (Phi) is 8.06. The van der Waals surface area contributed by atoms with E-state index in [1.165, 1.54) is 11.8 Å². The summed E-state index contributed by atoms with van der Waals surface area (Å²) in [6.45, 7) is 6.28. The smallest absolute Gasteiger partial charge is 0.175 e. The highest BCUT2D eigenvalue weighted by molar-refractivity contribution is 7.90. The van der Waals surface area contributed by atoms with E-state index in [-0.39, 0.29) is 24.8 Å². The summed E-state index contributed by atoms with van der Waals surface area (Å²) >= 11 is 0. The second-order valence-corrected chi connectivity index (χ2v) is 6.82. The first kappa shape index (κ1) is 19.7. The lowest BCUT2D eigenvalue weighted by molar-refractivity contribution is 0.185. The molecule has 7 heteroatoms. The minimum Gasteiger partial charge on any atom is -0.314 e. The molecule has 1 aromatic rings. The second kappa shape index (κ2) is 8.20. The summed E-state index contributed by atoms with van der Waals surface area (Å²) in [6, 6.07) is 7.57. The molecule has 116 valence electrons. The number of sulfone groups is 1. The second-order valence-electron chi connectivity index (χ2n) is 4.80. The zero-order valence-electron chi connectivity index (χ0n) is 11.7. The van der Waals surface area contributed by atoms with Gasteiger partial charge in [0.05, 0.1) is 4.90 Å². The molecule has 1 aliphatic rings. The third-order valence-corrected chi connectivity index (χ3v) is 4.62. The molecule has 2 rings (SSSR count). The lowest BCUT2D eigenvalue weighted by Crippen LogP contribution is -2.44. The molecule has 1 heterocycles. The van der Waals surface area contributed by atoms with Crippen LogP contribution in [-0.2, 0) is 9.84 Å². The van der Waals surface area contributed by atoms with Crippen molar-refractivity contribution in [3.63, 3.8) is 0 Å². The number of piperazine rings is 1. The maximum Gasteiger partial charge on any atom is 0.175 e. The Morgan fingerprint density at radius 2 is 1.60 bits per heavy atom. The zero-order valence-corrected chi connectivity index (χ0v) is 14.2. The topological polar surface area (TPSA) is 49.4 Å². The Bertz CT molecular complexity index is 500. The van der Waals surface area contributed by atoms with Crippen LogP contribution >= 0.6 is 24.8 Å². The van der Waals surface area contributed by atoms with E-state index in [1.54, 1.807) is 12.1 Å². The van der Waals surface area contributed by atoms with E-state index in [9.17, 15) is 8.42 Å². The SMILES string of the molecule is C[C@@H](c1ccc(S(C)(=O)=O)cc1)N1CCNCC1.Cl.Cl. The van der Waals surface area contributed by atoms with Crippen LogP contribution in [0.15, 0.2) is 29.2 Å². The molecule has 0 aromatic heterocycles. The van der Waals surface area contributed by atoms with Crippen molar-refractivity contribution in [3.8, 4) is 0 Å². The average Bonchev–Trinajstić information content (AvgIpc) is 2.38. The zero-order chi connectivity index (χ0) is 13.2. The molecule has 0 amide bonds. The molecule has 20 heavy (non-hydrogen) atoms. The monoisotopic (exact) mass is 340 g/mol. The van der Waals surface area contributed by atoms with Gasteiger partial charge in [-0.3, -0.25) is 4.90 Å². The van der Waals surface area contributed by atoms with Gasteiger partial charge in [0.15, 0.2) is 9.84 Å². The minimum atomic E-state index is -3.09. The summed E-state index contributed by atoms with van der Waals surface area (Å²) in [5, 5.41) is 3.33. The molecular formula is C13H22Cl2N2O2S. The molecule has 0 spiro atoms. The maximum atomic E-state index is 11.4. The van der Waals surface area contributed by atoms with Crippen molar-refractivity contribution >= 4 is 34.7 Å². The van der Waals surface area contributed by atoms with Crippen LogP contribution in [0.4, 0.5) is 0 Å². The van der Waals surface area contributed by atoms with Gasteiger partial charge in [0.2, 0.25) is 0 Å². The summed E-state index contributed by atoms with van der Waals surface area (Å²) in [5.41, 5.74) is 1.17. The molecule has 1 atom stereocenters. The number of hydrogen-bond acceptors (Lipinski definition) is 4. The fourth-order valence-corrected chi connectivity index (χ4v) is 2.90. The normalized spacial score (nSPS) is 17.7. The van der Waals surface area contributed by atoms with Crippen LogP contribution in [0.3, 0.4) is 0 Å². The molecule has 1 aliphatic heterocycles. The number of halogens is 2. The van der Waals surface area contributed by atoms with Gasteiger partial charge in [0, 0.05) is 38.5 Å². The standard InChI is InChI=1S/C13H20N2O2S.2ClH/c1-11(15-9-7-14-8-10-15)12-3-5-13(6-4-12)18(2,16)17;;/h3-6,11,14H,7-10H2,1-2H3;2*1H/t11-;;/m0../s1. The van der Waals surface area contributed by atoms with E-state index in [0.29, 0.717) is 10.9 Å². The molecule has 1 saturated heterocycles. The fourth-order valence-electron chi connectivity index (χ4n) is 2.27. The Morgan fingerprint density at radius 3 is 2.05 bits per heavy atom. The summed E-state index contributed by atoms with van der Waals surface area (Å²) in [7, 11) is -3.09. The van der Waals surface area contributed by atoms with Crippen molar-refractivity contribution < 1.29 is 8.42 Å². The lowest BCUT2D eigenvalue weighted by atomic mass is 10.1. The highest BCUT2D eigenvalue weighted by Gasteiger charge is 2.18. The van der Waals surface area contributed by atoms with E-state index >= 15 is 0 Å². The highest BCUT2D eigenvalue weighted by atomic mass is 35.5. The Balaban J connectivity index is 0.00000180. The van der Waals surface area contributed by atoms with Crippen LogP contribution < -0.4 is 5.32 Å². The Morgan fingerprint density at radius 1 is 1.10 bits per heavy atom. The molecule has 0 radical (unpaired) electrons. The highest BCUT2D eigenvalue weighted by Crippen LogP contribution is 2.21. The van der Waals surface area contributed by atoms with Crippen LogP contribution in [0.1, 0.15) is 18.5 Å². The van der Waals surface area contributed by atoms with Crippen molar-refractivity contribution in [1.29, 1.82) is 0 Å². The van der Waals surface area contributed by atoms with Crippen molar-refractivity contribution in [2.45, 2.75) is 17.9 Å². The van der Waals surface area contributed by atoms with E-state index in [0.717, 1.165) is 26.2 Å². The first-order chi connectivity index (χ1) is 8.48. The van der Waals surface area contributed by atoms with Crippen LogP contribution in [0, 0.1) is 0 Å². The summed E-state index contributed by atoms with van der Waals surface area (Å²) in [4.78, 5) is 2.80. The number of nitrogens with zero attached hydrogens (tertiary/aromatic N) is 1. The van der Waals surface area contributed by atoms with Gasteiger partial charge in [-0.2, -0.15) is 0 Å². The van der Waals surface area contributed by atoms with Crippen LogP contribution in [0.2, 0.25) is 0 Å². The average molecular weight is 341 g/mol. The summed E-state index contributed by atoms with van der Waals surface area (Å²) < 4.78 is 22.8. The van der Waals surface area contributed by atoms with E-state index in [1.807, 2.05) is 12.1 Å². The van der Waals surface area contributed by atoms with Gasteiger partial charge in [0.25, 0.3) is 0 Å². The molecule has 1 N–H and O–H groups in total. The van der Waals surface area contributed by atoms with Gasteiger partial charge in [0.1, 0.15) is 0 Å².